The number of nitrogens with one attached hydrogen (secondary N) is 1. The summed E-state index contributed by atoms with van der Waals surface area (Å²) >= 11 is 0. The third kappa shape index (κ3) is 7.47. The molecule has 194 valence electrons. The van der Waals surface area contributed by atoms with Gasteiger partial charge in [-0.3, -0.25) is 9.69 Å². The van der Waals surface area contributed by atoms with E-state index in [9.17, 15) is 18.0 Å². The van der Waals surface area contributed by atoms with Crippen molar-refractivity contribution in [2.75, 3.05) is 6.61 Å². The van der Waals surface area contributed by atoms with Crippen LogP contribution in [0.2, 0.25) is 0 Å². The van der Waals surface area contributed by atoms with E-state index < -0.39 is 17.6 Å². The molecule has 4 rings (SSSR count). The number of ether oxygens (including phenoxy) is 1. The molecule has 1 N–H and O–H groups in total. The largest absolute Gasteiger partial charge is 0.494 e. The van der Waals surface area contributed by atoms with Crippen LogP contribution in [0, 0.1) is 0 Å². The zero-order valence-corrected chi connectivity index (χ0v) is 20.1. The van der Waals surface area contributed by atoms with Crippen LogP contribution in [0.1, 0.15) is 45.8 Å². The highest BCUT2D eigenvalue weighted by atomic mass is 19.4. The van der Waals surface area contributed by atoms with Gasteiger partial charge in [-0.15, -0.1) is 0 Å². The van der Waals surface area contributed by atoms with Gasteiger partial charge in [-0.1, -0.05) is 30.3 Å². The molecule has 10 heteroatoms. The van der Waals surface area contributed by atoms with E-state index in [0.29, 0.717) is 24.5 Å². The third-order valence-corrected chi connectivity index (χ3v) is 5.45. The second-order valence-electron chi connectivity index (χ2n) is 8.31. The number of oxazole rings is 1. The topological polar surface area (TPSA) is 80.7 Å². The number of hydrogen-bond donors (Lipinski definition) is 1. The summed E-state index contributed by atoms with van der Waals surface area (Å²) in [5.41, 5.74) is 0.807. The van der Waals surface area contributed by atoms with Crippen molar-refractivity contribution in [2.24, 2.45) is 0 Å². The summed E-state index contributed by atoms with van der Waals surface area (Å²) in [6, 6.07) is 16.1. The first-order chi connectivity index (χ1) is 17.8. The van der Waals surface area contributed by atoms with Gasteiger partial charge >= 0.3 is 6.18 Å². The molecule has 0 radical (unpaired) electrons. The van der Waals surface area contributed by atoms with Crippen molar-refractivity contribution < 1.29 is 31.5 Å². The highest BCUT2D eigenvalue weighted by Gasteiger charge is 2.30. The molecule has 2 aromatic heterocycles. The summed E-state index contributed by atoms with van der Waals surface area (Å²) in [4.78, 5) is 18.6. The Morgan fingerprint density at radius 2 is 1.78 bits per heavy atom. The van der Waals surface area contributed by atoms with Gasteiger partial charge in [-0.05, 0) is 48.4 Å². The van der Waals surface area contributed by atoms with Crippen LogP contribution in [0.5, 0.6) is 5.75 Å². The fourth-order valence-corrected chi connectivity index (χ4v) is 3.74. The van der Waals surface area contributed by atoms with Crippen molar-refractivity contribution >= 4 is 5.91 Å². The van der Waals surface area contributed by atoms with E-state index in [-0.39, 0.29) is 31.2 Å². The van der Waals surface area contributed by atoms with E-state index in [4.69, 9.17) is 13.6 Å². The fraction of sp³-hybridized carbons (Fsp3) is 0.259. The molecule has 7 nitrogen and oxygen atoms in total. The molecule has 0 aliphatic rings. The summed E-state index contributed by atoms with van der Waals surface area (Å²) in [7, 11) is 0. The van der Waals surface area contributed by atoms with Gasteiger partial charge in [0.05, 0.1) is 31.5 Å². The number of halogens is 3. The molecular formula is C27H26F3N3O4. The van der Waals surface area contributed by atoms with Crippen LogP contribution in [-0.4, -0.2) is 22.4 Å². The second kappa shape index (κ2) is 11.8. The predicted octanol–water partition coefficient (Wildman–Crippen LogP) is 5.82. The minimum Gasteiger partial charge on any atom is -0.494 e. The summed E-state index contributed by atoms with van der Waals surface area (Å²) in [5, 5.41) is 2.70. The summed E-state index contributed by atoms with van der Waals surface area (Å²) in [6.07, 6.45) is -1.67. The monoisotopic (exact) mass is 513 g/mol. The SMILES string of the molecule is CCOc1ccc(CN(Cc2cccc(C(F)(F)F)c2)Cc2nc(C(=O)NCc3ccco3)co2)cc1. The van der Waals surface area contributed by atoms with Crippen molar-refractivity contribution in [3.05, 3.63) is 107 Å². The van der Waals surface area contributed by atoms with Crippen LogP contribution in [-0.2, 0) is 32.4 Å². The molecule has 0 atom stereocenters. The lowest BCUT2D eigenvalue weighted by Gasteiger charge is -2.22. The molecule has 37 heavy (non-hydrogen) atoms. The maximum Gasteiger partial charge on any atom is 0.416 e. The minimum absolute atomic E-state index is 0.0987. The molecule has 1 amide bonds. The quantitative estimate of drug-likeness (QED) is 0.272. The van der Waals surface area contributed by atoms with Gasteiger partial charge in [0.15, 0.2) is 5.69 Å². The van der Waals surface area contributed by atoms with Crippen molar-refractivity contribution in [3.63, 3.8) is 0 Å². The van der Waals surface area contributed by atoms with Crippen molar-refractivity contribution in [2.45, 2.75) is 39.3 Å². The molecule has 0 saturated carbocycles. The first-order valence-electron chi connectivity index (χ1n) is 11.7. The standard InChI is InChI=1S/C27H26F3N3O4/c1-2-35-22-10-8-19(9-11-22)15-33(16-20-5-3-6-21(13-20)27(28,29)30)17-25-32-24(18-37-25)26(34)31-14-23-7-4-12-36-23/h3-13,18H,2,14-17H2,1H3,(H,31,34). The number of amides is 1. The van der Waals surface area contributed by atoms with E-state index in [1.165, 1.54) is 18.6 Å². The van der Waals surface area contributed by atoms with E-state index in [2.05, 4.69) is 10.3 Å². The number of aromatic nitrogens is 1. The highest BCUT2D eigenvalue weighted by molar-refractivity contribution is 5.91. The summed E-state index contributed by atoms with van der Waals surface area (Å²) in [5.74, 6) is 1.16. The zero-order chi connectivity index (χ0) is 26.3. The Hall–Kier alpha value is -4.05. The number of alkyl halides is 3. The summed E-state index contributed by atoms with van der Waals surface area (Å²) < 4.78 is 55.9. The Bertz CT molecular complexity index is 1280. The third-order valence-electron chi connectivity index (χ3n) is 5.45. The highest BCUT2D eigenvalue weighted by Crippen LogP contribution is 2.30. The molecule has 0 unspecified atom stereocenters. The first-order valence-corrected chi connectivity index (χ1v) is 11.7. The van der Waals surface area contributed by atoms with Crippen LogP contribution in [0.3, 0.4) is 0 Å². The van der Waals surface area contributed by atoms with Crippen LogP contribution in [0.15, 0.2) is 82.0 Å². The predicted molar refractivity (Wildman–Crippen MR) is 128 cm³/mol. The molecule has 0 aliphatic heterocycles. The van der Waals surface area contributed by atoms with E-state index in [1.807, 2.05) is 36.1 Å². The number of benzene rings is 2. The minimum atomic E-state index is -4.43. The average molecular weight is 514 g/mol. The van der Waals surface area contributed by atoms with Crippen molar-refractivity contribution in [1.29, 1.82) is 0 Å². The van der Waals surface area contributed by atoms with Gasteiger partial charge in [-0.25, -0.2) is 4.98 Å². The average Bonchev–Trinajstić information content (AvgIpc) is 3.56. The van der Waals surface area contributed by atoms with Gasteiger partial charge in [0.2, 0.25) is 5.89 Å². The maximum atomic E-state index is 13.2. The molecule has 2 heterocycles. The van der Waals surface area contributed by atoms with E-state index >= 15 is 0 Å². The Morgan fingerprint density at radius 1 is 1.00 bits per heavy atom. The van der Waals surface area contributed by atoms with Crippen LogP contribution >= 0.6 is 0 Å². The zero-order valence-electron chi connectivity index (χ0n) is 20.1. The van der Waals surface area contributed by atoms with Crippen LogP contribution < -0.4 is 10.1 Å². The number of hydrogen-bond acceptors (Lipinski definition) is 6. The van der Waals surface area contributed by atoms with Crippen molar-refractivity contribution in [1.82, 2.24) is 15.2 Å². The Morgan fingerprint density at radius 3 is 2.49 bits per heavy atom. The normalized spacial score (nSPS) is 11.6. The molecule has 4 aromatic rings. The van der Waals surface area contributed by atoms with E-state index in [1.54, 1.807) is 18.2 Å². The van der Waals surface area contributed by atoms with Gasteiger partial charge in [-0.2, -0.15) is 13.2 Å². The molecule has 0 bridgehead atoms. The van der Waals surface area contributed by atoms with Gasteiger partial charge in [0.1, 0.15) is 17.8 Å². The number of carbonyl (C=O) groups is 1. The smallest absolute Gasteiger partial charge is 0.416 e. The van der Waals surface area contributed by atoms with E-state index in [0.717, 1.165) is 23.4 Å². The lowest BCUT2D eigenvalue weighted by Crippen LogP contribution is -2.24. The Labute approximate surface area is 211 Å². The Balaban J connectivity index is 1.48. The molecule has 2 aromatic carbocycles. The van der Waals surface area contributed by atoms with Gasteiger partial charge in [0, 0.05) is 13.1 Å². The molecule has 0 spiro atoms. The number of furan rings is 1. The maximum absolute atomic E-state index is 13.2. The summed E-state index contributed by atoms with van der Waals surface area (Å²) in [6.45, 7) is 3.43. The number of rotatable bonds is 11. The van der Waals surface area contributed by atoms with Crippen LogP contribution in [0.25, 0.3) is 0 Å². The lowest BCUT2D eigenvalue weighted by molar-refractivity contribution is -0.137. The molecule has 0 saturated heterocycles. The molecular weight excluding hydrogens is 487 g/mol. The second-order valence-corrected chi connectivity index (χ2v) is 8.31. The lowest BCUT2D eigenvalue weighted by atomic mass is 10.1. The Kier molecular flexibility index (Phi) is 8.29. The fourth-order valence-electron chi connectivity index (χ4n) is 3.74. The number of nitrogens with zero attached hydrogens (tertiary/aromatic N) is 2. The van der Waals surface area contributed by atoms with Gasteiger partial charge in [0.25, 0.3) is 5.91 Å². The van der Waals surface area contributed by atoms with Crippen molar-refractivity contribution in [3.8, 4) is 5.75 Å². The molecule has 0 fully saturated rings. The first kappa shape index (κ1) is 26.0. The van der Waals surface area contributed by atoms with Gasteiger partial charge < -0.3 is 18.9 Å². The van der Waals surface area contributed by atoms with Crippen LogP contribution in [0.4, 0.5) is 13.2 Å². The number of carbonyl (C=O) groups excluding carboxylic acids is 1. The molecule has 0 aliphatic carbocycles.